The summed E-state index contributed by atoms with van der Waals surface area (Å²) in [6, 6.07) is 7.72. The number of benzene rings is 1. The van der Waals surface area contributed by atoms with Gasteiger partial charge >= 0.3 is 6.61 Å². The van der Waals surface area contributed by atoms with Gasteiger partial charge in [0.15, 0.2) is 5.78 Å². The van der Waals surface area contributed by atoms with Crippen molar-refractivity contribution in [2.45, 2.75) is 50.6 Å². The SMILES string of the molecule is O=C(C[C@@H](c1ccc(OC(F)F)cc1)C1CC1)c1cc(=O)[nH]c(C2CC2)n1. The number of carbonyl (C=O) groups excluding carboxylic acids is 1. The van der Waals surface area contributed by atoms with E-state index in [0.717, 1.165) is 31.2 Å². The van der Waals surface area contributed by atoms with Crippen molar-refractivity contribution in [2.75, 3.05) is 0 Å². The molecule has 0 spiro atoms. The zero-order valence-corrected chi connectivity index (χ0v) is 14.7. The summed E-state index contributed by atoms with van der Waals surface area (Å²) in [5, 5.41) is 0. The second-order valence-corrected chi connectivity index (χ2v) is 7.31. The fourth-order valence-corrected chi connectivity index (χ4v) is 3.43. The highest BCUT2D eigenvalue weighted by molar-refractivity contribution is 5.94. The van der Waals surface area contributed by atoms with Crippen LogP contribution in [0, 0.1) is 5.92 Å². The molecule has 0 aliphatic heterocycles. The van der Waals surface area contributed by atoms with E-state index >= 15 is 0 Å². The van der Waals surface area contributed by atoms with Crippen LogP contribution in [-0.4, -0.2) is 22.4 Å². The number of Topliss-reactive ketones (excluding diaryl/α,β-unsaturated/α-hetero) is 1. The zero-order chi connectivity index (χ0) is 19.0. The maximum Gasteiger partial charge on any atom is 0.387 e. The molecule has 2 fully saturated rings. The average Bonchev–Trinajstić information content (AvgIpc) is 3.52. The predicted octanol–water partition coefficient (Wildman–Crippen LogP) is 4.02. The van der Waals surface area contributed by atoms with Crippen molar-refractivity contribution in [3.63, 3.8) is 0 Å². The third-order valence-electron chi connectivity index (χ3n) is 5.14. The second-order valence-electron chi connectivity index (χ2n) is 7.31. The third-order valence-corrected chi connectivity index (χ3v) is 5.14. The highest BCUT2D eigenvalue weighted by Gasteiger charge is 2.34. The molecule has 0 bridgehead atoms. The van der Waals surface area contributed by atoms with E-state index < -0.39 is 6.61 Å². The molecule has 4 rings (SSSR count). The molecule has 0 unspecified atom stereocenters. The Hall–Kier alpha value is -2.57. The lowest BCUT2D eigenvalue weighted by molar-refractivity contribution is -0.0498. The van der Waals surface area contributed by atoms with Crippen LogP contribution in [-0.2, 0) is 0 Å². The molecule has 0 amide bonds. The highest BCUT2D eigenvalue weighted by Crippen LogP contribution is 2.45. The molecule has 1 N–H and O–H groups in total. The van der Waals surface area contributed by atoms with Crippen LogP contribution in [0.15, 0.2) is 35.1 Å². The molecule has 2 aliphatic carbocycles. The van der Waals surface area contributed by atoms with E-state index in [4.69, 9.17) is 0 Å². The summed E-state index contributed by atoms with van der Waals surface area (Å²) in [7, 11) is 0. The van der Waals surface area contributed by atoms with Crippen molar-refractivity contribution in [3.05, 3.63) is 57.8 Å². The largest absolute Gasteiger partial charge is 0.435 e. The molecule has 142 valence electrons. The quantitative estimate of drug-likeness (QED) is 0.709. The predicted molar refractivity (Wildman–Crippen MR) is 94.3 cm³/mol. The number of H-pyrrole nitrogens is 1. The molecular formula is C20H20F2N2O3. The lowest BCUT2D eigenvalue weighted by atomic mass is 9.88. The van der Waals surface area contributed by atoms with Crippen molar-refractivity contribution in [1.82, 2.24) is 9.97 Å². The van der Waals surface area contributed by atoms with Crippen molar-refractivity contribution in [1.29, 1.82) is 0 Å². The Kier molecular flexibility index (Phi) is 4.76. The van der Waals surface area contributed by atoms with Crippen molar-refractivity contribution >= 4 is 5.78 Å². The fourth-order valence-electron chi connectivity index (χ4n) is 3.43. The lowest BCUT2D eigenvalue weighted by Crippen LogP contribution is -2.17. The van der Waals surface area contributed by atoms with Crippen LogP contribution in [0.3, 0.4) is 0 Å². The molecule has 1 heterocycles. The molecule has 1 aromatic heterocycles. The number of ketones is 1. The van der Waals surface area contributed by atoms with Crippen LogP contribution in [0.2, 0.25) is 0 Å². The minimum atomic E-state index is -2.86. The summed E-state index contributed by atoms with van der Waals surface area (Å²) in [5.41, 5.74) is 0.829. The van der Waals surface area contributed by atoms with Gasteiger partial charge in [-0.1, -0.05) is 12.1 Å². The minimum absolute atomic E-state index is 0.0106. The van der Waals surface area contributed by atoms with E-state index in [1.807, 2.05) is 0 Å². The first kappa shape index (κ1) is 17.8. The molecule has 2 aromatic rings. The van der Waals surface area contributed by atoms with Crippen LogP contribution in [0.1, 0.15) is 65.8 Å². The van der Waals surface area contributed by atoms with Gasteiger partial charge in [0.05, 0.1) is 0 Å². The van der Waals surface area contributed by atoms with E-state index in [2.05, 4.69) is 14.7 Å². The second kappa shape index (κ2) is 7.21. The van der Waals surface area contributed by atoms with Crippen LogP contribution >= 0.6 is 0 Å². The topological polar surface area (TPSA) is 72.1 Å². The number of aromatic amines is 1. The van der Waals surface area contributed by atoms with Crippen LogP contribution in [0.5, 0.6) is 5.75 Å². The van der Waals surface area contributed by atoms with Crippen molar-refractivity contribution < 1.29 is 18.3 Å². The summed E-state index contributed by atoms with van der Waals surface area (Å²) in [4.78, 5) is 31.7. The zero-order valence-electron chi connectivity index (χ0n) is 14.7. The summed E-state index contributed by atoms with van der Waals surface area (Å²) < 4.78 is 29.0. The van der Waals surface area contributed by atoms with Crippen LogP contribution in [0.4, 0.5) is 8.78 Å². The number of rotatable bonds is 8. The first-order valence-electron chi connectivity index (χ1n) is 9.19. The Morgan fingerprint density at radius 3 is 2.48 bits per heavy atom. The molecule has 2 aliphatic rings. The first-order chi connectivity index (χ1) is 13.0. The van der Waals surface area contributed by atoms with E-state index in [-0.39, 0.29) is 41.0 Å². The molecule has 1 aromatic carbocycles. The number of nitrogens with zero attached hydrogens (tertiary/aromatic N) is 1. The Bertz CT molecular complexity index is 887. The number of ether oxygens (including phenoxy) is 1. The maximum atomic E-state index is 12.8. The maximum absolute atomic E-state index is 12.8. The standard InChI is InChI=1S/C20H20F2N2O3/c21-20(22)27-14-7-5-12(6-8-14)15(11-1-2-11)9-17(25)16-10-18(26)24-19(23-16)13-3-4-13/h5-8,10-11,13,15,20H,1-4,9H2,(H,23,24,26)/t15-/m1/s1. The van der Waals surface area contributed by atoms with E-state index in [9.17, 15) is 18.4 Å². The van der Waals surface area contributed by atoms with E-state index in [1.165, 1.54) is 18.2 Å². The average molecular weight is 374 g/mol. The number of alkyl halides is 2. The molecular weight excluding hydrogens is 354 g/mol. The number of carbonyl (C=O) groups is 1. The van der Waals surface area contributed by atoms with Gasteiger partial charge in [-0.2, -0.15) is 8.78 Å². The minimum Gasteiger partial charge on any atom is -0.435 e. The molecule has 0 saturated heterocycles. The fraction of sp³-hybridized carbons (Fsp3) is 0.450. The number of aromatic nitrogens is 2. The van der Waals surface area contributed by atoms with Gasteiger partial charge in [-0.15, -0.1) is 0 Å². The monoisotopic (exact) mass is 374 g/mol. The summed E-state index contributed by atoms with van der Waals surface area (Å²) in [5.74, 6) is 1.17. The van der Waals surface area contributed by atoms with Gasteiger partial charge in [0, 0.05) is 18.4 Å². The van der Waals surface area contributed by atoms with Crippen molar-refractivity contribution in [2.24, 2.45) is 5.92 Å². The van der Waals surface area contributed by atoms with Crippen LogP contribution < -0.4 is 10.3 Å². The Labute approximate surface area is 154 Å². The van der Waals surface area contributed by atoms with Crippen molar-refractivity contribution in [3.8, 4) is 5.75 Å². The van der Waals surface area contributed by atoms with Gasteiger partial charge in [0.25, 0.3) is 5.56 Å². The van der Waals surface area contributed by atoms with E-state index in [0.29, 0.717) is 11.7 Å². The van der Waals surface area contributed by atoms with Crippen LogP contribution in [0.25, 0.3) is 0 Å². The molecule has 7 heteroatoms. The Morgan fingerprint density at radius 2 is 1.89 bits per heavy atom. The third kappa shape index (κ3) is 4.40. The summed E-state index contributed by atoms with van der Waals surface area (Å²) in [6.45, 7) is -2.86. The normalized spacial score (nSPS) is 17.7. The molecule has 27 heavy (non-hydrogen) atoms. The van der Waals surface area contributed by atoms with Gasteiger partial charge in [0.1, 0.15) is 17.3 Å². The van der Waals surface area contributed by atoms with E-state index in [1.54, 1.807) is 12.1 Å². The van der Waals surface area contributed by atoms with Gasteiger partial charge in [0.2, 0.25) is 0 Å². The van der Waals surface area contributed by atoms with Gasteiger partial charge in [-0.3, -0.25) is 9.59 Å². The molecule has 1 atom stereocenters. The van der Waals surface area contributed by atoms with Gasteiger partial charge < -0.3 is 9.72 Å². The molecule has 0 radical (unpaired) electrons. The first-order valence-corrected chi connectivity index (χ1v) is 9.19. The lowest BCUT2D eigenvalue weighted by Gasteiger charge is -2.16. The van der Waals surface area contributed by atoms with Gasteiger partial charge in [-0.25, -0.2) is 4.98 Å². The highest BCUT2D eigenvalue weighted by atomic mass is 19.3. The summed E-state index contributed by atoms with van der Waals surface area (Å²) >= 11 is 0. The smallest absolute Gasteiger partial charge is 0.387 e. The molecule has 2 saturated carbocycles. The number of hydrogen-bond acceptors (Lipinski definition) is 4. The summed E-state index contributed by atoms with van der Waals surface area (Å²) in [6.07, 6.45) is 4.28. The number of hydrogen-bond donors (Lipinski definition) is 1. The Morgan fingerprint density at radius 1 is 1.19 bits per heavy atom. The molecule has 5 nitrogen and oxygen atoms in total. The van der Waals surface area contributed by atoms with Gasteiger partial charge in [-0.05, 0) is 55.2 Å². The number of halogens is 2. The number of nitrogens with one attached hydrogen (secondary N) is 1. The Balaban J connectivity index is 1.52.